The predicted molar refractivity (Wildman–Crippen MR) is 110 cm³/mol. The molecule has 3 rings (SSSR count). The van der Waals surface area contributed by atoms with E-state index in [1.165, 1.54) is 5.69 Å². The van der Waals surface area contributed by atoms with Crippen LogP contribution in [0, 0.1) is 5.41 Å². The second-order valence-electron chi connectivity index (χ2n) is 8.55. The van der Waals surface area contributed by atoms with Crippen LogP contribution in [0.1, 0.15) is 46.7 Å². The van der Waals surface area contributed by atoms with Gasteiger partial charge < -0.3 is 5.73 Å². The van der Waals surface area contributed by atoms with Crippen molar-refractivity contribution < 1.29 is 0 Å². The van der Waals surface area contributed by atoms with E-state index in [2.05, 4.69) is 67.1 Å². The maximum absolute atomic E-state index is 6.58. The highest BCUT2D eigenvalue weighted by Crippen LogP contribution is 2.39. The van der Waals surface area contributed by atoms with Gasteiger partial charge in [0.25, 0.3) is 0 Å². The van der Waals surface area contributed by atoms with Gasteiger partial charge in [-0.05, 0) is 30.0 Å². The first kappa shape index (κ1) is 18.0. The van der Waals surface area contributed by atoms with Crippen molar-refractivity contribution in [1.29, 1.82) is 0 Å². The van der Waals surface area contributed by atoms with Crippen LogP contribution in [-0.2, 0) is 5.41 Å². The molecule has 0 fully saturated rings. The topological polar surface area (TPSA) is 43.3 Å². The second kappa shape index (κ2) is 6.17. The molecule has 0 aliphatic carbocycles. The lowest BCUT2D eigenvalue weighted by molar-refractivity contribution is 0.278. The van der Waals surface area contributed by atoms with Crippen molar-refractivity contribution in [2.75, 3.05) is 5.73 Å². The number of hydrogen-bond acceptors (Lipinski definition) is 2. The highest BCUT2D eigenvalue weighted by atomic mass is 79.9. The molecular formula is C21H26BrN3. The molecule has 4 heteroatoms. The molecule has 0 aliphatic heterocycles. The van der Waals surface area contributed by atoms with Crippen LogP contribution in [0.5, 0.6) is 0 Å². The number of aromatic nitrogens is 2. The molecule has 2 aromatic heterocycles. The standard InChI is InChI=1S/C21H26BrN3/c1-20(2,3)13-21(4,5)16-11-8-12-17-24-18(19(23)25(16)17)14-9-6-7-10-15(14)22/h6-12H,13,23H2,1-5H3. The summed E-state index contributed by atoms with van der Waals surface area (Å²) in [7, 11) is 0. The Kier molecular flexibility index (Phi) is 4.44. The fourth-order valence-electron chi connectivity index (χ4n) is 3.91. The van der Waals surface area contributed by atoms with Crippen LogP contribution in [0.25, 0.3) is 16.9 Å². The smallest absolute Gasteiger partial charge is 0.139 e. The lowest BCUT2D eigenvalue weighted by Crippen LogP contribution is -2.27. The summed E-state index contributed by atoms with van der Waals surface area (Å²) in [6.07, 6.45) is 1.06. The Morgan fingerprint density at radius 2 is 1.68 bits per heavy atom. The summed E-state index contributed by atoms with van der Waals surface area (Å²) in [6.45, 7) is 11.4. The molecule has 2 N–H and O–H groups in total. The fourth-order valence-corrected chi connectivity index (χ4v) is 4.38. The van der Waals surface area contributed by atoms with Gasteiger partial charge in [-0.15, -0.1) is 0 Å². The van der Waals surface area contributed by atoms with Gasteiger partial charge in [-0.1, -0.05) is 74.8 Å². The molecule has 0 saturated carbocycles. The van der Waals surface area contributed by atoms with Crippen molar-refractivity contribution in [2.45, 2.75) is 46.5 Å². The molecule has 0 aliphatic rings. The number of nitrogen functional groups attached to an aromatic ring is 1. The van der Waals surface area contributed by atoms with Gasteiger partial charge in [0.1, 0.15) is 17.2 Å². The second-order valence-corrected chi connectivity index (χ2v) is 9.41. The molecule has 25 heavy (non-hydrogen) atoms. The lowest BCUT2D eigenvalue weighted by Gasteiger charge is -2.33. The fraction of sp³-hybridized carbons (Fsp3) is 0.381. The van der Waals surface area contributed by atoms with Crippen molar-refractivity contribution in [3.63, 3.8) is 0 Å². The van der Waals surface area contributed by atoms with Gasteiger partial charge in [0.2, 0.25) is 0 Å². The van der Waals surface area contributed by atoms with Crippen molar-refractivity contribution in [2.24, 2.45) is 5.41 Å². The molecule has 0 amide bonds. The molecule has 1 aromatic carbocycles. The quantitative estimate of drug-likeness (QED) is 0.581. The first-order valence-electron chi connectivity index (χ1n) is 8.62. The Morgan fingerprint density at radius 1 is 1.00 bits per heavy atom. The lowest BCUT2D eigenvalue weighted by atomic mass is 9.74. The Morgan fingerprint density at radius 3 is 2.32 bits per heavy atom. The zero-order chi connectivity index (χ0) is 18.4. The number of rotatable bonds is 3. The van der Waals surface area contributed by atoms with Crippen LogP contribution in [0.4, 0.5) is 5.82 Å². The normalized spacial score (nSPS) is 12.7. The maximum Gasteiger partial charge on any atom is 0.139 e. The van der Waals surface area contributed by atoms with Crippen LogP contribution in [0.3, 0.4) is 0 Å². The highest BCUT2D eigenvalue weighted by Gasteiger charge is 2.30. The summed E-state index contributed by atoms with van der Waals surface area (Å²) < 4.78 is 3.11. The number of anilines is 1. The number of nitrogens with zero attached hydrogens (tertiary/aromatic N) is 2. The molecular weight excluding hydrogens is 374 g/mol. The van der Waals surface area contributed by atoms with E-state index in [-0.39, 0.29) is 10.8 Å². The first-order chi connectivity index (χ1) is 11.6. The van der Waals surface area contributed by atoms with Gasteiger partial charge >= 0.3 is 0 Å². The van der Waals surface area contributed by atoms with Crippen molar-refractivity contribution in [3.05, 3.63) is 52.6 Å². The van der Waals surface area contributed by atoms with E-state index in [4.69, 9.17) is 10.7 Å². The van der Waals surface area contributed by atoms with Crippen LogP contribution in [-0.4, -0.2) is 9.38 Å². The monoisotopic (exact) mass is 399 g/mol. The third-order valence-electron chi connectivity index (χ3n) is 4.47. The first-order valence-corrected chi connectivity index (χ1v) is 9.42. The largest absolute Gasteiger partial charge is 0.383 e. The minimum absolute atomic E-state index is 0.0161. The molecule has 0 spiro atoms. The molecule has 0 bridgehead atoms. The molecule has 132 valence electrons. The number of fused-ring (bicyclic) bond motifs is 1. The van der Waals surface area contributed by atoms with E-state index in [0.29, 0.717) is 5.82 Å². The number of pyridine rings is 1. The summed E-state index contributed by atoms with van der Waals surface area (Å²) in [6, 6.07) is 14.3. The molecule has 3 nitrogen and oxygen atoms in total. The molecule has 0 unspecified atom stereocenters. The minimum atomic E-state index is -0.0161. The van der Waals surface area contributed by atoms with E-state index in [1.54, 1.807) is 0 Å². The summed E-state index contributed by atoms with van der Waals surface area (Å²) in [5.41, 5.74) is 10.7. The number of hydrogen-bond donors (Lipinski definition) is 1. The highest BCUT2D eigenvalue weighted by molar-refractivity contribution is 9.10. The Bertz CT molecular complexity index is 917. The molecule has 0 radical (unpaired) electrons. The van der Waals surface area contributed by atoms with Gasteiger partial charge in [-0.2, -0.15) is 0 Å². The van der Waals surface area contributed by atoms with E-state index < -0.39 is 0 Å². The third kappa shape index (κ3) is 3.45. The van der Waals surface area contributed by atoms with E-state index in [9.17, 15) is 0 Å². The van der Waals surface area contributed by atoms with Crippen molar-refractivity contribution in [1.82, 2.24) is 9.38 Å². The number of nitrogens with two attached hydrogens (primary N) is 1. The molecule has 3 aromatic rings. The number of imidazole rings is 1. The van der Waals surface area contributed by atoms with Gasteiger partial charge in [-0.3, -0.25) is 4.40 Å². The van der Waals surface area contributed by atoms with Crippen LogP contribution in [0.15, 0.2) is 46.9 Å². The van der Waals surface area contributed by atoms with Crippen LogP contribution < -0.4 is 5.73 Å². The molecule has 2 heterocycles. The van der Waals surface area contributed by atoms with Gasteiger partial charge in [0.15, 0.2) is 0 Å². The number of benzene rings is 1. The zero-order valence-corrected chi connectivity index (χ0v) is 17.2. The molecule has 0 saturated heterocycles. The van der Waals surface area contributed by atoms with E-state index >= 15 is 0 Å². The average Bonchev–Trinajstić information content (AvgIpc) is 2.82. The Balaban J connectivity index is 2.22. The van der Waals surface area contributed by atoms with Crippen LogP contribution in [0.2, 0.25) is 0 Å². The van der Waals surface area contributed by atoms with Crippen molar-refractivity contribution in [3.8, 4) is 11.3 Å². The van der Waals surface area contributed by atoms with Gasteiger partial charge in [0, 0.05) is 21.1 Å². The minimum Gasteiger partial charge on any atom is -0.383 e. The number of halogens is 1. The maximum atomic E-state index is 6.58. The van der Waals surface area contributed by atoms with E-state index in [0.717, 1.165) is 27.8 Å². The van der Waals surface area contributed by atoms with E-state index in [1.807, 2.05) is 30.3 Å². The molecule has 0 atom stereocenters. The third-order valence-corrected chi connectivity index (χ3v) is 5.17. The summed E-state index contributed by atoms with van der Waals surface area (Å²) in [4.78, 5) is 4.82. The van der Waals surface area contributed by atoms with Crippen molar-refractivity contribution >= 4 is 27.4 Å². The average molecular weight is 400 g/mol. The zero-order valence-electron chi connectivity index (χ0n) is 15.6. The SMILES string of the molecule is CC(C)(C)CC(C)(C)c1cccc2nc(-c3ccccc3Br)c(N)n12. The van der Waals surface area contributed by atoms with Gasteiger partial charge in [0.05, 0.1) is 0 Å². The summed E-state index contributed by atoms with van der Waals surface area (Å²) in [5, 5.41) is 0. The predicted octanol–water partition coefficient (Wildman–Crippen LogP) is 6.06. The van der Waals surface area contributed by atoms with Gasteiger partial charge in [-0.25, -0.2) is 4.98 Å². The Labute approximate surface area is 158 Å². The summed E-state index contributed by atoms with van der Waals surface area (Å²) in [5.74, 6) is 0.694. The van der Waals surface area contributed by atoms with Crippen LogP contribution >= 0.6 is 15.9 Å². The summed E-state index contributed by atoms with van der Waals surface area (Å²) >= 11 is 3.62. The Hall–Kier alpha value is -1.81.